The molecule has 1 N–H and O–H groups in total. The third-order valence-corrected chi connectivity index (χ3v) is 4.10. The van der Waals surface area contributed by atoms with Gasteiger partial charge in [0.1, 0.15) is 18.7 Å². The van der Waals surface area contributed by atoms with Crippen molar-refractivity contribution in [2.45, 2.75) is 20.5 Å². The van der Waals surface area contributed by atoms with E-state index in [1.54, 1.807) is 18.7 Å². The minimum absolute atomic E-state index is 0.556. The average Bonchev–Trinajstić information content (AvgIpc) is 2.56. The summed E-state index contributed by atoms with van der Waals surface area (Å²) in [6.07, 6.45) is 5.26. The summed E-state index contributed by atoms with van der Waals surface area (Å²) in [5, 5.41) is 1.87. The van der Waals surface area contributed by atoms with Crippen molar-refractivity contribution in [1.29, 1.82) is 0 Å². The summed E-state index contributed by atoms with van der Waals surface area (Å²) in [6, 6.07) is 12.3. The van der Waals surface area contributed by atoms with Crippen LogP contribution in [0.4, 0.5) is 5.69 Å². The van der Waals surface area contributed by atoms with E-state index in [4.69, 9.17) is 4.74 Å². The van der Waals surface area contributed by atoms with Crippen LogP contribution >= 0.6 is 15.9 Å². The third-order valence-electron chi connectivity index (χ3n) is 3.58. The lowest BCUT2D eigenvalue weighted by Gasteiger charge is -2.23. The maximum absolute atomic E-state index is 6.03. The topological polar surface area (TPSA) is 36.9 Å². The van der Waals surface area contributed by atoms with Crippen molar-refractivity contribution in [1.82, 2.24) is 5.43 Å². The molecule has 1 heterocycles. The summed E-state index contributed by atoms with van der Waals surface area (Å²) in [4.78, 5) is 4.12. The van der Waals surface area contributed by atoms with Crippen LogP contribution in [-0.4, -0.2) is 6.34 Å². The Bertz CT molecular complexity index is 730. The highest BCUT2D eigenvalue weighted by Gasteiger charge is 2.11. The predicted octanol–water partition coefficient (Wildman–Crippen LogP) is 4.47. The minimum Gasteiger partial charge on any atom is -0.488 e. The first kappa shape index (κ1) is 15.6. The summed E-state index contributed by atoms with van der Waals surface area (Å²) in [6.45, 7) is 4.68. The maximum Gasteiger partial charge on any atom is 0.125 e. The van der Waals surface area contributed by atoms with Crippen molar-refractivity contribution in [3.05, 3.63) is 70.0 Å². The molecule has 0 amide bonds. The number of hydrogen-bond acceptors (Lipinski definition) is 4. The molecule has 0 radical (unpaired) electrons. The van der Waals surface area contributed by atoms with Gasteiger partial charge in [0.15, 0.2) is 0 Å². The number of rotatable bonds is 4. The maximum atomic E-state index is 6.03. The Hall–Kier alpha value is -2.27. The van der Waals surface area contributed by atoms with Crippen LogP contribution in [0.1, 0.15) is 16.7 Å². The number of aliphatic imine (C=N–C) groups is 1. The highest BCUT2D eigenvalue weighted by molar-refractivity contribution is 9.10. The van der Waals surface area contributed by atoms with Crippen LogP contribution in [0.3, 0.4) is 0 Å². The number of hydrazine groups is 1. The number of halogens is 1. The first-order valence-corrected chi connectivity index (χ1v) is 8.15. The van der Waals surface area contributed by atoms with Gasteiger partial charge in [-0.2, -0.15) is 0 Å². The Labute approximate surface area is 144 Å². The molecule has 2 aromatic rings. The average molecular weight is 372 g/mol. The number of nitrogens with zero attached hydrogens (tertiary/aromatic N) is 2. The van der Waals surface area contributed by atoms with E-state index in [1.807, 2.05) is 17.1 Å². The van der Waals surface area contributed by atoms with Crippen molar-refractivity contribution in [2.75, 3.05) is 5.01 Å². The van der Waals surface area contributed by atoms with E-state index in [-0.39, 0.29) is 0 Å². The summed E-state index contributed by atoms with van der Waals surface area (Å²) in [5.74, 6) is 0.932. The molecule has 2 aromatic carbocycles. The van der Waals surface area contributed by atoms with Gasteiger partial charge in [-0.15, -0.1) is 0 Å². The zero-order valence-electron chi connectivity index (χ0n) is 13.1. The van der Waals surface area contributed by atoms with Gasteiger partial charge < -0.3 is 4.74 Å². The number of anilines is 1. The number of ether oxygens (including phenoxy) is 1. The SMILES string of the molecule is Cc1cc(N2C=NC=CN2)cc(C)c1OCc1ccc(Br)cc1. The number of benzene rings is 2. The Morgan fingerprint density at radius 3 is 2.43 bits per heavy atom. The van der Waals surface area contributed by atoms with Gasteiger partial charge in [0.25, 0.3) is 0 Å². The first-order chi connectivity index (χ1) is 11.1. The quantitative estimate of drug-likeness (QED) is 0.861. The smallest absolute Gasteiger partial charge is 0.125 e. The molecule has 0 aliphatic carbocycles. The standard InChI is InChI=1S/C18H18BrN3O/c1-13-9-17(22-12-20-7-8-21-22)10-14(2)18(13)23-11-15-3-5-16(19)6-4-15/h3-10,12,21H,11H2,1-2H3. The van der Waals surface area contributed by atoms with Gasteiger partial charge in [0.2, 0.25) is 0 Å². The van der Waals surface area contributed by atoms with Crippen LogP contribution in [0.5, 0.6) is 5.75 Å². The molecule has 0 unspecified atom stereocenters. The van der Waals surface area contributed by atoms with Crippen molar-refractivity contribution >= 4 is 28.0 Å². The van der Waals surface area contributed by atoms with Crippen molar-refractivity contribution in [3.8, 4) is 5.75 Å². The van der Waals surface area contributed by atoms with E-state index in [2.05, 4.69) is 64.5 Å². The molecular weight excluding hydrogens is 354 g/mol. The van der Waals surface area contributed by atoms with Crippen LogP contribution in [0, 0.1) is 13.8 Å². The molecule has 0 saturated carbocycles. The third kappa shape index (κ3) is 3.74. The van der Waals surface area contributed by atoms with Crippen LogP contribution in [-0.2, 0) is 6.61 Å². The van der Waals surface area contributed by atoms with E-state index in [0.29, 0.717) is 6.61 Å². The van der Waals surface area contributed by atoms with Crippen molar-refractivity contribution in [2.24, 2.45) is 4.99 Å². The Morgan fingerprint density at radius 2 is 1.83 bits per heavy atom. The Kier molecular flexibility index (Phi) is 4.67. The molecule has 0 saturated heterocycles. The number of aryl methyl sites for hydroxylation is 2. The van der Waals surface area contributed by atoms with Crippen LogP contribution in [0.2, 0.25) is 0 Å². The van der Waals surface area contributed by atoms with E-state index in [0.717, 1.165) is 32.6 Å². The Morgan fingerprint density at radius 1 is 1.13 bits per heavy atom. The summed E-state index contributed by atoms with van der Waals surface area (Å²) in [7, 11) is 0. The van der Waals surface area contributed by atoms with Gasteiger partial charge in [-0.1, -0.05) is 28.1 Å². The second-order valence-corrected chi connectivity index (χ2v) is 6.32. The second-order valence-electron chi connectivity index (χ2n) is 5.40. The zero-order chi connectivity index (χ0) is 16.2. The lowest BCUT2D eigenvalue weighted by molar-refractivity contribution is 0.302. The summed E-state index contributed by atoms with van der Waals surface area (Å²) in [5.41, 5.74) is 7.50. The predicted molar refractivity (Wildman–Crippen MR) is 97.6 cm³/mol. The van der Waals surface area contributed by atoms with Gasteiger partial charge in [0, 0.05) is 16.9 Å². The molecule has 1 aliphatic heterocycles. The normalized spacial score (nSPS) is 13.1. The molecular formula is C18H18BrN3O. The summed E-state index contributed by atoms with van der Waals surface area (Å²) < 4.78 is 7.11. The monoisotopic (exact) mass is 371 g/mol. The fourth-order valence-electron chi connectivity index (χ4n) is 2.47. The fourth-order valence-corrected chi connectivity index (χ4v) is 2.73. The number of hydrogen-bond donors (Lipinski definition) is 1. The second kappa shape index (κ2) is 6.87. The van der Waals surface area contributed by atoms with Gasteiger partial charge in [0.05, 0.1) is 5.69 Å². The van der Waals surface area contributed by atoms with Gasteiger partial charge >= 0.3 is 0 Å². The molecule has 0 fully saturated rings. The molecule has 1 aliphatic rings. The van der Waals surface area contributed by atoms with Crippen LogP contribution in [0.15, 0.2) is 58.3 Å². The van der Waals surface area contributed by atoms with E-state index in [9.17, 15) is 0 Å². The molecule has 5 heteroatoms. The fraction of sp³-hybridized carbons (Fsp3) is 0.167. The number of nitrogens with one attached hydrogen (secondary N) is 1. The first-order valence-electron chi connectivity index (χ1n) is 7.36. The lowest BCUT2D eigenvalue weighted by atomic mass is 10.1. The van der Waals surface area contributed by atoms with Crippen LogP contribution in [0.25, 0.3) is 0 Å². The highest BCUT2D eigenvalue weighted by atomic mass is 79.9. The molecule has 118 valence electrons. The molecule has 3 rings (SSSR count). The minimum atomic E-state index is 0.556. The highest BCUT2D eigenvalue weighted by Crippen LogP contribution is 2.29. The van der Waals surface area contributed by atoms with Crippen molar-refractivity contribution < 1.29 is 4.74 Å². The van der Waals surface area contributed by atoms with E-state index in [1.165, 1.54) is 0 Å². The van der Waals surface area contributed by atoms with Gasteiger partial charge in [-0.25, -0.2) is 10.0 Å². The van der Waals surface area contributed by atoms with Crippen LogP contribution < -0.4 is 15.2 Å². The molecule has 4 nitrogen and oxygen atoms in total. The summed E-state index contributed by atoms with van der Waals surface area (Å²) >= 11 is 3.44. The van der Waals surface area contributed by atoms with E-state index >= 15 is 0 Å². The van der Waals surface area contributed by atoms with Gasteiger partial charge in [-0.3, -0.25) is 5.43 Å². The van der Waals surface area contributed by atoms with Crippen molar-refractivity contribution in [3.63, 3.8) is 0 Å². The largest absolute Gasteiger partial charge is 0.488 e. The molecule has 0 atom stereocenters. The molecule has 0 spiro atoms. The van der Waals surface area contributed by atoms with Gasteiger partial charge in [-0.05, 0) is 54.8 Å². The molecule has 23 heavy (non-hydrogen) atoms. The molecule has 0 aromatic heterocycles. The van der Waals surface area contributed by atoms with E-state index < -0.39 is 0 Å². The Balaban J connectivity index is 1.76. The lowest BCUT2D eigenvalue weighted by Crippen LogP contribution is -2.34. The molecule has 0 bridgehead atoms. The zero-order valence-corrected chi connectivity index (χ0v) is 14.7.